The number of benzene rings is 2. The molecule has 0 unspecified atom stereocenters. The molecule has 136 valence electrons. The Labute approximate surface area is 155 Å². The Balaban J connectivity index is 2.02. The molecule has 26 heavy (non-hydrogen) atoms. The minimum Gasteiger partial charge on any atom is -0.326 e. The summed E-state index contributed by atoms with van der Waals surface area (Å²) in [5.74, 6) is -0.359. The normalized spacial score (nSPS) is 10.3. The zero-order chi connectivity index (χ0) is 19.3. The summed E-state index contributed by atoms with van der Waals surface area (Å²) in [6.45, 7) is 5.01. The average Bonchev–Trinajstić information content (AvgIpc) is 2.57. The number of nitrogens with one attached hydrogen (secondary N) is 2. The van der Waals surface area contributed by atoms with Gasteiger partial charge in [-0.25, -0.2) is 0 Å². The van der Waals surface area contributed by atoms with Gasteiger partial charge in [0, 0.05) is 23.6 Å². The number of amides is 2. The molecule has 2 rings (SSSR count). The Kier molecular flexibility index (Phi) is 6.35. The molecule has 2 aromatic rings. The molecule has 2 amide bonds. The van der Waals surface area contributed by atoms with Crippen molar-refractivity contribution in [2.24, 2.45) is 0 Å². The van der Waals surface area contributed by atoms with E-state index >= 15 is 0 Å². The molecule has 2 aromatic carbocycles. The van der Waals surface area contributed by atoms with Crippen molar-refractivity contribution in [3.8, 4) is 0 Å². The zero-order valence-electron chi connectivity index (χ0n) is 14.7. The topological polar surface area (TPSA) is 101 Å². The van der Waals surface area contributed by atoms with Crippen molar-refractivity contribution >= 4 is 40.6 Å². The Morgan fingerprint density at radius 2 is 1.73 bits per heavy atom. The van der Waals surface area contributed by atoms with Crippen molar-refractivity contribution in [1.82, 2.24) is 0 Å². The van der Waals surface area contributed by atoms with E-state index < -0.39 is 4.92 Å². The van der Waals surface area contributed by atoms with Crippen LogP contribution in [0.15, 0.2) is 41.3 Å². The van der Waals surface area contributed by atoms with Crippen molar-refractivity contribution in [3.63, 3.8) is 0 Å². The second-order valence-corrected chi connectivity index (χ2v) is 6.75. The monoisotopic (exact) mass is 373 g/mol. The second kappa shape index (κ2) is 8.48. The third kappa shape index (κ3) is 5.06. The minimum atomic E-state index is -0.504. The average molecular weight is 373 g/mol. The number of aryl methyl sites for hydroxylation is 1. The summed E-state index contributed by atoms with van der Waals surface area (Å²) in [6, 6.07) is 10.1. The van der Waals surface area contributed by atoms with Crippen molar-refractivity contribution in [2.75, 3.05) is 16.4 Å². The zero-order valence-corrected chi connectivity index (χ0v) is 15.5. The lowest BCUT2D eigenvalue weighted by atomic mass is 10.1. The summed E-state index contributed by atoms with van der Waals surface area (Å²) < 4.78 is 0. The third-order valence-corrected chi connectivity index (χ3v) is 4.73. The lowest BCUT2D eigenvalue weighted by Gasteiger charge is -2.11. The molecule has 0 atom stereocenters. The van der Waals surface area contributed by atoms with Gasteiger partial charge in [-0.3, -0.25) is 19.7 Å². The highest BCUT2D eigenvalue weighted by molar-refractivity contribution is 8.00. The van der Waals surface area contributed by atoms with Gasteiger partial charge in [0.05, 0.1) is 10.7 Å². The number of carbonyl (C=O) groups excluding carboxylic acids is 2. The van der Waals surface area contributed by atoms with Crippen molar-refractivity contribution in [3.05, 3.63) is 57.6 Å². The van der Waals surface area contributed by atoms with E-state index in [-0.39, 0.29) is 28.9 Å². The second-order valence-electron chi connectivity index (χ2n) is 5.70. The fourth-order valence-electron chi connectivity index (χ4n) is 2.27. The van der Waals surface area contributed by atoms with E-state index in [0.717, 1.165) is 10.5 Å². The molecule has 2 N–H and O–H groups in total. The highest BCUT2D eigenvalue weighted by Crippen LogP contribution is 2.30. The summed E-state index contributed by atoms with van der Waals surface area (Å²) in [5.41, 5.74) is 2.34. The summed E-state index contributed by atoms with van der Waals surface area (Å²) >= 11 is 1.31. The van der Waals surface area contributed by atoms with Gasteiger partial charge in [-0.15, -0.1) is 11.8 Å². The molecule has 0 heterocycles. The van der Waals surface area contributed by atoms with Crippen LogP contribution in [0.3, 0.4) is 0 Å². The molecule has 0 aliphatic heterocycles. The summed E-state index contributed by atoms with van der Waals surface area (Å²) in [5, 5.41) is 16.5. The van der Waals surface area contributed by atoms with Crippen LogP contribution in [0.25, 0.3) is 0 Å². The maximum absolute atomic E-state index is 12.2. The van der Waals surface area contributed by atoms with Gasteiger partial charge in [0.15, 0.2) is 0 Å². The van der Waals surface area contributed by atoms with Crippen molar-refractivity contribution in [2.45, 2.75) is 25.7 Å². The van der Waals surface area contributed by atoms with E-state index in [9.17, 15) is 19.7 Å². The van der Waals surface area contributed by atoms with Crippen LogP contribution in [-0.4, -0.2) is 22.5 Å². The van der Waals surface area contributed by atoms with Gasteiger partial charge >= 0.3 is 0 Å². The fourth-order valence-corrected chi connectivity index (χ4v) is 2.97. The van der Waals surface area contributed by atoms with Crippen LogP contribution in [0.1, 0.15) is 18.1 Å². The van der Waals surface area contributed by atoms with Gasteiger partial charge in [-0.05, 0) is 49.2 Å². The predicted octanol–water partition coefficient (Wildman–Crippen LogP) is 3.90. The number of hydrogen-bond donors (Lipinski definition) is 2. The molecule has 0 fully saturated rings. The van der Waals surface area contributed by atoms with Crippen molar-refractivity contribution < 1.29 is 14.5 Å². The van der Waals surface area contributed by atoms with Crippen LogP contribution < -0.4 is 10.6 Å². The van der Waals surface area contributed by atoms with Gasteiger partial charge in [0.1, 0.15) is 5.69 Å². The highest BCUT2D eigenvalue weighted by Gasteiger charge is 2.19. The van der Waals surface area contributed by atoms with Crippen LogP contribution in [0.5, 0.6) is 0 Å². The lowest BCUT2D eigenvalue weighted by Crippen LogP contribution is -2.16. The molecular formula is C18H19N3O4S. The lowest BCUT2D eigenvalue weighted by molar-refractivity contribution is -0.384. The molecule has 0 aliphatic rings. The van der Waals surface area contributed by atoms with E-state index in [1.165, 1.54) is 24.8 Å². The first kappa shape index (κ1) is 19.5. The van der Waals surface area contributed by atoms with E-state index in [4.69, 9.17) is 0 Å². The smallest absolute Gasteiger partial charge is 0.293 e. The SMILES string of the molecule is CC(=O)Nc1ccc(SCC(=O)Nc2c([N+](=O)[O-])ccc(C)c2C)cc1. The van der Waals surface area contributed by atoms with Gasteiger partial charge in [-0.1, -0.05) is 6.07 Å². The number of hydrogen-bond acceptors (Lipinski definition) is 5. The third-order valence-electron chi connectivity index (χ3n) is 3.72. The first-order valence-corrected chi connectivity index (χ1v) is 8.81. The van der Waals surface area contributed by atoms with Gasteiger partial charge < -0.3 is 10.6 Å². The Morgan fingerprint density at radius 1 is 1.08 bits per heavy atom. The Hall–Kier alpha value is -2.87. The molecule has 7 nitrogen and oxygen atoms in total. The fraction of sp³-hybridized carbons (Fsp3) is 0.222. The molecular weight excluding hydrogens is 354 g/mol. The molecule has 0 saturated carbocycles. The number of nitro benzene ring substituents is 1. The van der Waals surface area contributed by atoms with Crippen LogP contribution in [0.4, 0.5) is 17.1 Å². The van der Waals surface area contributed by atoms with Gasteiger partial charge in [0.25, 0.3) is 5.69 Å². The number of nitro groups is 1. The highest BCUT2D eigenvalue weighted by atomic mass is 32.2. The molecule has 0 saturated heterocycles. The largest absolute Gasteiger partial charge is 0.326 e. The number of rotatable bonds is 6. The Bertz CT molecular complexity index is 850. The summed E-state index contributed by atoms with van der Waals surface area (Å²) in [6.07, 6.45) is 0. The molecule has 0 spiro atoms. The van der Waals surface area contributed by atoms with E-state index in [1.54, 1.807) is 37.3 Å². The molecule has 0 bridgehead atoms. The molecule has 0 radical (unpaired) electrons. The van der Waals surface area contributed by atoms with E-state index in [1.807, 2.05) is 6.92 Å². The van der Waals surface area contributed by atoms with Crippen LogP contribution >= 0.6 is 11.8 Å². The number of nitrogens with zero attached hydrogens (tertiary/aromatic N) is 1. The number of carbonyl (C=O) groups is 2. The van der Waals surface area contributed by atoms with E-state index in [0.29, 0.717) is 11.3 Å². The molecule has 0 aromatic heterocycles. The molecule has 8 heteroatoms. The number of anilines is 2. The molecule has 0 aliphatic carbocycles. The summed E-state index contributed by atoms with van der Waals surface area (Å²) in [7, 11) is 0. The van der Waals surface area contributed by atoms with E-state index in [2.05, 4.69) is 10.6 Å². The van der Waals surface area contributed by atoms with Crippen LogP contribution in [0.2, 0.25) is 0 Å². The van der Waals surface area contributed by atoms with Crippen molar-refractivity contribution in [1.29, 1.82) is 0 Å². The Morgan fingerprint density at radius 3 is 2.31 bits per heavy atom. The predicted molar refractivity (Wildman–Crippen MR) is 103 cm³/mol. The van der Waals surface area contributed by atoms with Gasteiger partial charge in [0.2, 0.25) is 11.8 Å². The number of thioether (sulfide) groups is 1. The first-order chi connectivity index (χ1) is 12.3. The maximum atomic E-state index is 12.2. The quantitative estimate of drug-likeness (QED) is 0.454. The standard InChI is InChI=1S/C18H19N3O4S/c1-11-4-9-16(21(24)25)18(12(11)2)20-17(23)10-26-15-7-5-14(6-8-15)19-13(3)22/h4-9H,10H2,1-3H3,(H,19,22)(H,20,23). The maximum Gasteiger partial charge on any atom is 0.293 e. The van der Waals surface area contributed by atoms with Gasteiger partial charge in [-0.2, -0.15) is 0 Å². The first-order valence-electron chi connectivity index (χ1n) is 7.83. The summed E-state index contributed by atoms with van der Waals surface area (Å²) in [4.78, 5) is 34.7. The minimum absolute atomic E-state index is 0.115. The van der Waals surface area contributed by atoms with Crippen LogP contribution in [0, 0.1) is 24.0 Å². The van der Waals surface area contributed by atoms with Crippen LogP contribution in [-0.2, 0) is 9.59 Å².